The van der Waals surface area contributed by atoms with Crippen molar-refractivity contribution in [2.45, 2.75) is 42.9 Å². The van der Waals surface area contributed by atoms with Crippen molar-refractivity contribution in [3.63, 3.8) is 0 Å². The van der Waals surface area contributed by atoms with Crippen molar-refractivity contribution in [1.82, 2.24) is 14.9 Å². The first-order chi connectivity index (χ1) is 17.5. The topological polar surface area (TPSA) is 120 Å². The third-order valence-electron chi connectivity index (χ3n) is 6.68. The Morgan fingerprint density at radius 1 is 1.13 bits per heavy atom. The van der Waals surface area contributed by atoms with E-state index >= 15 is 0 Å². The van der Waals surface area contributed by atoms with E-state index < -0.39 is 39.6 Å². The quantitative estimate of drug-likeness (QED) is 0.252. The molecule has 1 atom stereocenters. The summed E-state index contributed by atoms with van der Waals surface area (Å²) in [6.45, 7) is 1.71. The summed E-state index contributed by atoms with van der Waals surface area (Å²) in [5.74, 6) is -0.178. The van der Waals surface area contributed by atoms with Gasteiger partial charge in [-0.1, -0.05) is 0 Å². The molecular formula is C23H37Cl2F3N4O6S. The molecule has 2 aliphatic rings. The number of sulfonamides is 1. The van der Waals surface area contributed by atoms with Crippen molar-refractivity contribution in [2.24, 2.45) is 0 Å². The standard InChI is InChI=1S/C23H35F3N4O6S.2ClH/c1-35-20(31)17-28-21(32)22(8-10-27-11-9-22)37(33,34)30-14-12-29(13-15-30)18-3-5-19(6-4-18)36-16-2-7-23(24,25)26;;/h3-6,20,27,31H,2,7-17H2,1H3,(H,28,32);2*1H. The van der Waals surface area contributed by atoms with E-state index in [1.165, 1.54) is 11.4 Å². The van der Waals surface area contributed by atoms with E-state index in [4.69, 9.17) is 9.47 Å². The van der Waals surface area contributed by atoms with Gasteiger partial charge in [0.15, 0.2) is 11.0 Å². The van der Waals surface area contributed by atoms with Crippen LogP contribution in [0, 0.1) is 0 Å². The molecule has 0 bridgehead atoms. The summed E-state index contributed by atoms with van der Waals surface area (Å²) in [7, 11) is -2.72. The Bertz CT molecular complexity index is 991. The van der Waals surface area contributed by atoms with Gasteiger partial charge in [-0.3, -0.25) is 4.79 Å². The highest BCUT2D eigenvalue weighted by atomic mass is 35.5. The van der Waals surface area contributed by atoms with Crippen molar-refractivity contribution in [2.75, 3.05) is 64.4 Å². The van der Waals surface area contributed by atoms with Crippen molar-refractivity contribution < 1.29 is 41.0 Å². The normalized spacial score (nSPS) is 18.8. The number of anilines is 1. The molecule has 2 saturated heterocycles. The fourth-order valence-corrected chi connectivity index (χ4v) is 6.67. The molecule has 0 spiro atoms. The van der Waals surface area contributed by atoms with Crippen molar-refractivity contribution >= 4 is 46.4 Å². The van der Waals surface area contributed by atoms with Crippen LogP contribution in [0.15, 0.2) is 24.3 Å². The fraction of sp³-hybridized carbons (Fsp3) is 0.696. The monoisotopic (exact) mass is 624 g/mol. The number of carbonyl (C=O) groups excluding carboxylic acids is 1. The minimum atomic E-state index is -4.20. The van der Waals surface area contributed by atoms with E-state index in [2.05, 4.69) is 10.6 Å². The predicted octanol–water partition coefficient (Wildman–Crippen LogP) is 1.91. The highest BCUT2D eigenvalue weighted by molar-refractivity contribution is 7.91. The lowest BCUT2D eigenvalue weighted by Gasteiger charge is -2.42. The largest absolute Gasteiger partial charge is 0.494 e. The van der Waals surface area contributed by atoms with Crippen molar-refractivity contribution in [3.8, 4) is 5.75 Å². The Morgan fingerprint density at radius 2 is 1.72 bits per heavy atom. The van der Waals surface area contributed by atoms with Crippen LogP contribution in [-0.4, -0.2) is 100 Å². The SMILES string of the molecule is COC(O)CNC(=O)C1(S(=O)(=O)N2CCN(c3ccc(OCCCC(F)(F)F)cc3)CC2)CCNCC1.Cl.Cl. The highest BCUT2D eigenvalue weighted by Crippen LogP contribution is 2.33. The van der Waals surface area contributed by atoms with Gasteiger partial charge in [0.05, 0.1) is 13.2 Å². The summed E-state index contributed by atoms with van der Waals surface area (Å²) in [5, 5.41) is 15.2. The summed E-state index contributed by atoms with van der Waals surface area (Å²) in [6, 6.07) is 6.92. The number of hydrogen-bond acceptors (Lipinski definition) is 8. The maximum Gasteiger partial charge on any atom is 0.389 e. The van der Waals surface area contributed by atoms with Crippen molar-refractivity contribution in [3.05, 3.63) is 24.3 Å². The Hall–Kier alpha value is -1.55. The number of halogens is 5. The number of nitrogens with one attached hydrogen (secondary N) is 2. The van der Waals surface area contributed by atoms with Crippen LogP contribution in [0.5, 0.6) is 5.75 Å². The summed E-state index contributed by atoms with van der Waals surface area (Å²) < 4.78 is 74.0. The lowest BCUT2D eigenvalue weighted by molar-refractivity contribution is -0.136. The average Bonchev–Trinajstić information content (AvgIpc) is 2.89. The smallest absolute Gasteiger partial charge is 0.389 e. The number of amides is 1. The van der Waals surface area contributed by atoms with Crippen LogP contribution in [0.1, 0.15) is 25.7 Å². The molecule has 0 aliphatic carbocycles. The summed E-state index contributed by atoms with van der Waals surface area (Å²) in [6.07, 6.45) is -6.21. The van der Waals surface area contributed by atoms with E-state index in [1.54, 1.807) is 24.3 Å². The van der Waals surface area contributed by atoms with Crippen LogP contribution >= 0.6 is 24.8 Å². The van der Waals surface area contributed by atoms with Gasteiger partial charge in [-0.2, -0.15) is 17.5 Å². The van der Waals surface area contributed by atoms with Crippen molar-refractivity contribution in [1.29, 1.82) is 0 Å². The highest BCUT2D eigenvalue weighted by Gasteiger charge is 2.54. The molecule has 2 fully saturated rings. The van der Waals surface area contributed by atoms with E-state index in [0.717, 1.165) is 5.69 Å². The molecular weight excluding hydrogens is 588 g/mol. The summed E-state index contributed by atoms with van der Waals surface area (Å²) >= 11 is 0. The molecule has 1 aromatic rings. The zero-order valence-electron chi connectivity index (χ0n) is 21.6. The van der Waals surface area contributed by atoms with Gasteiger partial charge >= 0.3 is 6.18 Å². The molecule has 1 amide bonds. The number of benzene rings is 1. The predicted molar refractivity (Wildman–Crippen MR) is 145 cm³/mol. The molecule has 16 heteroatoms. The Labute approximate surface area is 239 Å². The molecule has 0 radical (unpaired) electrons. The third-order valence-corrected chi connectivity index (χ3v) is 9.31. The van der Waals surface area contributed by atoms with Crippen LogP contribution in [-0.2, 0) is 19.6 Å². The molecule has 0 saturated carbocycles. The van der Waals surface area contributed by atoms with Gasteiger partial charge in [-0.25, -0.2) is 8.42 Å². The zero-order chi connectivity index (χ0) is 27.1. The molecule has 2 aliphatic heterocycles. The molecule has 2 heterocycles. The van der Waals surface area contributed by atoms with Gasteiger partial charge < -0.3 is 30.1 Å². The maximum atomic E-state index is 13.7. The number of ether oxygens (including phenoxy) is 2. The van der Waals surface area contributed by atoms with E-state index in [0.29, 0.717) is 31.9 Å². The number of carbonyl (C=O) groups is 1. The minimum Gasteiger partial charge on any atom is -0.494 e. The van der Waals surface area contributed by atoms with E-state index in [9.17, 15) is 31.5 Å². The first-order valence-corrected chi connectivity index (χ1v) is 13.7. The van der Waals surface area contributed by atoms with Gasteiger partial charge in [0, 0.05) is 45.4 Å². The Balaban J connectivity index is 0.00000380. The molecule has 10 nitrogen and oxygen atoms in total. The summed E-state index contributed by atoms with van der Waals surface area (Å²) in [5.41, 5.74) is 0.836. The third kappa shape index (κ3) is 9.23. The zero-order valence-corrected chi connectivity index (χ0v) is 24.1. The number of methoxy groups -OCH3 is 1. The number of hydrogen-bond donors (Lipinski definition) is 3. The molecule has 1 aromatic carbocycles. The number of nitrogens with zero attached hydrogens (tertiary/aromatic N) is 2. The van der Waals surface area contributed by atoms with E-state index in [-0.39, 0.29) is 70.3 Å². The Kier molecular flexibility index (Phi) is 14.1. The molecule has 3 N–H and O–H groups in total. The first-order valence-electron chi connectivity index (χ1n) is 12.2. The lowest BCUT2D eigenvalue weighted by atomic mass is 9.96. The van der Waals surface area contributed by atoms with Gasteiger partial charge in [0.25, 0.3) is 0 Å². The molecule has 3 rings (SSSR count). The number of piperazine rings is 1. The summed E-state index contributed by atoms with van der Waals surface area (Å²) in [4.78, 5) is 15.1. The number of aliphatic hydroxyl groups is 1. The number of alkyl halides is 3. The van der Waals surface area contributed by atoms with Gasteiger partial charge in [0.2, 0.25) is 15.9 Å². The van der Waals surface area contributed by atoms with Crippen LogP contribution < -0.4 is 20.3 Å². The second-order valence-electron chi connectivity index (χ2n) is 9.10. The Morgan fingerprint density at radius 3 is 2.26 bits per heavy atom. The van der Waals surface area contributed by atoms with Gasteiger partial charge in [-0.15, -0.1) is 24.8 Å². The molecule has 1 unspecified atom stereocenters. The van der Waals surface area contributed by atoms with Crippen LogP contribution in [0.3, 0.4) is 0 Å². The van der Waals surface area contributed by atoms with E-state index in [1.807, 2.05) is 4.90 Å². The fourth-order valence-electron chi connectivity index (χ4n) is 4.51. The molecule has 226 valence electrons. The maximum absolute atomic E-state index is 13.7. The van der Waals surface area contributed by atoms with Gasteiger partial charge in [0.1, 0.15) is 5.75 Å². The minimum absolute atomic E-state index is 0. The van der Waals surface area contributed by atoms with Crippen LogP contribution in [0.2, 0.25) is 0 Å². The number of rotatable bonds is 11. The number of piperidine rings is 1. The second kappa shape index (κ2) is 15.5. The lowest BCUT2D eigenvalue weighted by Crippen LogP contribution is -2.64. The van der Waals surface area contributed by atoms with Crippen LogP contribution in [0.4, 0.5) is 18.9 Å². The average molecular weight is 626 g/mol. The molecule has 0 aromatic heterocycles. The van der Waals surface area contributed by atoms with Gasteiger partial charge in [-0.05, 0) is 56.6 Å². The second-order valence-corrected chi connectivity index (χ2v) is 11.3. The molecule has 39 heavy (non-hydrogen) atoms. The first kappa shape index (κ1) is 35.5. The number of aliphatic hydroxyl groups excluding tert-OH is 1. The van der Waals surface area contributed by atoms with Crippen LogP contribution in [0.25, 0.3) is 0 Å².